The molecule has 3 rings (SSSR count). The second-order valence-electron chi connectivity index (χ2n) is 6.18. The van der Waals surface area contributed by atoms with Crippen molar-refractivity contribution in [3.05, 3.63) is 30.0 Å². The molecule has 1 fully saturated rings. The number of aromatic nitrogens is 1. The van der Waals surface area contributed by atoms with Crippen LogP contribution in [-0.2, 0) is 9.53 Å². The Morgan fingerprint density at radius 2 is 1.96 bits per heavy atom. The lowest BCUT2D eigenvalue weighted by Gasteiger charge is -2.22. The first-order valence-corrected chi connectivity index (χ1v) is 8.60. The van der Waals surface area contributed by atoms with E-state index < -0.39 is 5.97 Å². The molecule has 1 aromatic heterocycles. The Morgan fingerprint density at radius 1 is 1.21 bits per heavy atom. The topological polar surface area (TPSA) is 75.6 Å². The van der Waals surface area contributed by atoms with Crippen LogP contribution in [0.5, 0.6) is 0 Å². The van der Waals surface area contributed by atoms with Gasteiger partial charge in [0.25, 0.3) is 5.91 Å². The second-order valence-corrected chi connectivity index (χ2v) is 6.18. The van der Waals surface area contributed by atoms with Crippen LogP contribution in [0.4, 0.5) is 5.69 Å². The number of anilines is 1. The molecule has 2 heterocycles. The number of fused-ring (bicyclic) bond motifs is 1. The summed E-state index contributed by atoms with van der Waals surface area (Å²) in [6.45, 7) is 4.55. The molecule has 1 saturated heterocycles. The van der Waals surface area contributed by atoms with Crippen molar-refractivity contribution in [1.82, 2.24) is 4.98 Å². The summed E-state index contributed by atoms with van der Waals surface area (Å²) in [6.07, 6.45) is 3.59. The van der Waals surface area contributed by atoms with Crippen molar-refractivity contribution in [2.45, 2.75) is 26.2 Å². The van der Waals surface area contributed by atoms with Gasteiger partial charge in [-0.2, -0.15) is 0 Å². The highest BCUT2D eigenvalue weighted by molar-refractivity contribution is 6.11. The van der Waals surface area contributed by atoms with Gasteiger partial charge in [-0.1, -0.05) is 18.2 Å². The smallest absolute Gasteiger partial charge is 0.356 e. The Morgan fingerprint density at radius 3 is 2.71 bits per heavy atom. The van der Waals surface area contributed by atoms with E-state index in [0.29, 0.717) is 24.5 Å². The lowest BCUT2D eigenvalue weighted by Crippen LogP contribution is -3.13. The van der Waals surface area contributed by atoms with Crippen molar-refractivity contribution in [2.75, 3.05) is 31.6 Å². The lowest BCUT2D eigenvalue weighted by molar-refractivity contribution is -0.896. The summed E-state index contributed by atoms with van der Waals surface area (Å²) in [6, 6.07) is 7.54. The molecule has 0 spiro atoms. The van der Waals surface area contributed by atoms with Gasteiger partial charge in [0.05, 0.1) is 25.4 Å². The number of ether oxygens (including phenoxy) is 1. The number of nitrogens with one attached hydrogen (secondary N) is 3. The molecule has 0 bridgehead atoms. The summed E-state index contributed by atoms with van der Waals surface area (Å²) in [5.74, 6) is -0.517. The van der Waals surface area contributed by atoms with Crippen LogP contribution in [-0.4, -0.2) is 43.1 Å². The number of quaternary nitrogens is 1. The summed E-state index contributed by atoms with van der Waals surface area (Å²) in [7, 11) is 0. The monoisotopic (exact) mass is 330 g/mol. The fourth-order valence-corrected chi connectivity index (χ4v) is 3.27. The summed E-state index contributed by atoms with van der Waals surface area (Å²) in [5, 5.41) is 3.75. The maximum atomic E-state index is 12.5. The minimum absolute atomic E-state index is 0.0674. The average Bonchev–Trinajstić information content (AvgIpc) is 2.95. The number of aromatic amines is 1. The number of benzene rings is 1. The Bertz CT molecular complexity index is 732. The van der Waals surface area contributed by atoms with Crippen LogP contribution in [0.3, 0.4) is 0 Å². The number of hydrogen-bond donors (Lipinski definition) is 3. The number of amides is 1. The molecule has 0 aliphatic carbocycles. The van der Waals surface area contributed by atoms with Crippen molar-refractivity contribution >= 4 is 28.5 Å². The van der Waals surface area contributed by atoms with E-state index in [4.69, 9.17) is 4.74 Å². The van der Waals surface area contributed by atoms with Gasteiger partial charge < -0.3 is 19.9 Å². The average molecular weight is 330 g/mol. The van der Waals surface area contributed by atoms with Gasteiger partial charge in [-0.05, 0) is 32.3 Å². The van der Waals surface area contributed by atoms with Crippen molar-refractivity contribution in [2.24, 2.45) is 0 Å². The Labute approximate surface area is 141 Å². The van der Waals surface area contributed by atoms with Gasteiger partial charge in [-0.25, -0.2) is 4.79 Å². The standard InChI is InChI=1S/C18H23N3O3/c1-2-24-18(23)17-16(13-8-4-5-9-14(13)19-17)20-15(22)12-21-10-6-3-7-11-21/h4-5,8-9,19H,2-3,6-7,10-12H2,1H3,(H,20,22)/p+1. The lowest BCUT2D eigenvalue weighted by atomic mass is 10.1. The van der Waals surface area contributed by atoms with E-state index >= 15 is 0 Å². The second kappa shape index (κ2) is 7.49. The van der Waals surface area contributed by atoms with Gasteiger partial charge in [0.15, 0.2) is 6.54 Å². The third-order valence-electron chi connectivity index (χ3n) is 4.42. The number of para-hydroxylation sites is 1. The minimum Gasteiger partial charge on any atom is -0.461 e. The SMILES string of the molecule is CCOC(=O)c1[nH]c2ccccc2c1NC(=O)C[NH+]1CCCCC1. The van der Waals surface area contributed by atoms with Crippen LogP contribution in [0.25, 0.3) is 10.9 Å². The predicted molar refractivity (Wildman–Crippen MR) is 92.3 cm³/mol. The van der Waals surface area contributed by atoms with Gasteiger partial charge in [-0.15, -0.1) is 0 Å². The van der Waals surface area contributed by atoms with Crippen molar-refractivity contribution in [1.29, 1.82) is 0 Å². The van der Waals surface area contributed by atoms with Crippen LogP contribution >= 0.6 is 0 Å². The maximum absolute atomic E-state index is 12.5. The van der Waals surface area contributed by atoms with Gasteiger partial charge in [0, 0.05) is 10.9 Å². The number of carbonyl (C=O) groups is 2. The van der Waals surface area contributed by atoms with Crippen LogP contribution < -0.4 is 10.2 Å². The van der Waals surface area contributed by atoms with E-state index in [0.717, 1.165) is 24.0 Å². The van der Waals surface area contributed by atoms with Crippen LogP contribution in [0.2, 0.25) is 0 Å². The zero-order chi connectivity index (χ0) is 16.9. The van der Waals surface area contributed by atoms with Crippen LogP contribution in [0.15, 0.2) is 24.3 Å². The highest BCUT2D eigenvalue weighted by Crippen LogP contribution is 2.28. The molecule has 1 aromatic carbocycles. The zero-order valence-electron chi connectivity index (χ0n) is 14.0. The summed E-state index contributed by atoms with van der Waals surface area (Å²) < 4.78 is 5.10. The Hall–Kier alpha value is -2.34. The third-order valence-corrected chi connectivity index (χ3v) is 4.42. The zero-order valence-corrected chi connectivity index (χ0v) is 14.0. The highest BCUT2D eigenvalue weighted by Gasteiger charge is 2.23. The number of likely N-dealkylation sites (tertiary alicyclic amines) is 1. The van der Waals surface area contributed by atoms with E-state index in [9.17, 15) is 9.59 Å². The fourth-order valence-electron chi connectivity index (χ4n) is 3.27. The number of rotatable bonds is 5. The minimum atomic E-state index is -0.450. The Kier molecular flexibility index (Phi) is 5.15. The maximum Gasteiger partial charge on any atom is 0.356 e. The molecule has 6 heteroatoms. The first-order chi connectivity index (χ1) is 11.7. The molecule has 128 valence electrons. The number of hydrogen-bond acceptors (Lipinski definition) is 3. The van der Waals surface area contributed by atoms with E-state index in [1.807, 2.05) is 24.3 Å². The molecular weight excluding hydrogens is 306 g/mol. The predicted octanol–water partition coefficient (Wildman–Crippen LogP) is 1.35. The van der Waals surface area contributed by atoms with Gasteiger partial charge in [0.1, 0.15) is 5.69 Å². The van der Waals surface area contributed by atoms with Gasteiger partial charge >= 0.3 is 5.97 Å². The Balaban J connectivity index is 1.82. The molecule has 6 nitrogen and oxygen atoms in total. The van der Waals surface area contributed by atoms with E-state index in [1.165, 1.54) is 24.2 Å². The molecule has 2 aromatic rings. The fraction of sp³-hybridized carbons (Fsp3) is 0.444. The first-order valence-electron chi connectivity index (χ1n) is 8.60. The third kappa shape index (κ3) is 3.59. The largest absolute Gasteiger partial charge is 0.461 e. The molecule has 1 aliphatic rings. The quantitative estimate of drug-likeness (QED) is 0.725. The summed E-state index contributed by atoms with van der Waals surface area (Å²) in [5.41, 5.74) is 1.63. The highest BCUT2D eigenvalue weighted by atomic mass is 16.5. The van der Waals surface area contributed by atoms with Crippen molar-refractivity contribution in [3.63, 3.8) is 0 Å². The number of carbonyl (C=O) groups excluding carboxylic acids is 2. The van der Waals surface area contributed by atoms with E-state index in [-0.39, 0.29) is 5.91 Å². The van der Waals surface area contributed by atoms with Crippen molar-refractivity contribution in [3.8, 4) is 0 Å². The normalized spacial score (nSPS) is 15.4. The summed E-state index contributed by atoms with van der Waals surface area (Å²) in [4.78, 5) is 29.0. The molecule has 3 N–H and O–H groups in total. The molecule has 1 amide bonds. The first kappa shape index (κ1) is 16.5. The molecule has 0 unspecified atom stereocenters. The number of esters is 1. The van der Waals surface area contributed by atoms with Crippen LogP contribution in [0.1, 0.15) is 36.7 Å². The molecule has 1 aliphatic heterocycles. The molecule has 0 saturated carbocycles. The van der Waals surface area contributed by atoms with E-state index in [1.54, 1.807) is 6.92 Å². The molecule has 0 atom stereocenters. The molecular formula is C18H24N3O3+. The number of piperidine rings is 1. The van der Waals surface area contributed by atoms with Gasteiger partial charge in [-0.3, -0.25) is 4.79 Å². The van der Waals surface area contributed by atoms with Crippen LogP contribution in [0, 0.1) is 0 Å². The van der Waals surface area contributed by atoms with Crippen molar-refractivity contribution < 1.29 is 19.2 Å². The van der Waals surface area contributed by atoms with Gasteiger partial charge in [0.2, 0.25) is 0 Å². The number of H-pyrrole nitrogens is 1. The molecule has 0 radical (unpaired) electrons. The van der Waals surface area contributed by atoms with E-state index in [2.05, 4.69) is 10.3 Å². The molecule has 24 heavy (non-hydrogen) atoms. The summed E-state index contributed by atoms with van der Waals surface area (Å²) >= 11 is 0.